The van der Waals surface area contributed by atoms with Gasteiger partial charge in [-0.15, -0.1) is 23.7 Å². The van der Waals surface area contributed by atoms with Crippen LogP contribution in [0.5, 0.6) is 0 Å². The Morgan fingerprint density at radius 2 is 1.96 bits per heavy atom. The summed E-state index contributed by atoms with van der Waals surface area (Å²) >= 11 is 1.49. The molecule has 130 valence electrons. The molecule has 1 N–H and O–H groups in total. The molecule has 1 aromatic heterocycles. The van der Waals surface area contributed by atoms with Crippen molar-refractivity contribution in [1.29, 1.82) is 0 Å². The molecular weight excluding hydrogens is 370 g/mol. The summed E-state index contributed by atoms with van der Waals surface area (Å²) in [7, 11) is -1.20. The van der Waals surface area contributed by atoms with Crippen LogP contribution >= 0.6 is 23.7 Å². The molecule has 1 amide bonds. The molecule has 24 heavy (non-hydrogen) atoms. The Balaban J connectivity index is 0.00000208. The van der Waals surface area contributed by atoms with Gasteiger partial charge in [0.15, 0.2) is 15.0 Å². The number of nitrogens with zero attached hydrogens (tertiary/aromatic N) is 2. The van der Waals surface area contributed by atoms with E-state index >= 15 is 0 Å². The van der Waals surface area contributed by atoms with Crippen molar-refractivity contribution >= 4 is 44.6 Å². The van der Waals surface area contributed by atoms with Crippen LogP contribution in [0, 0.1) is 0 Å². The van der Waals surface area contributed by atoms with Gasteiger partial charge in [-0.05, 0) is 31.3 Å². The number of aromatic nitrogens is 1. The number of amides is 1. The largest absolute Gasteiger partial charge is 0.301 e. The summed E-state index contributed by atoms with van der Waals surface area (Å²) in [4.78, 5) is 20.3. The summed E-state index contributed by atoms with van der Waals surface area (Å²) < 4.78 is 22.9. The first-order valence-electron chi connectivity index (χ1n) is 7.11. The Morgan fingerprint density at radius 1 is 1.29 bits per heavy atom. The molecule has 6 nitrogen and oxygen atoms in total. The SMILES string of the molecule is CN1CCc2nc(NC(=O)c3ccc(S(C)(=O)=O)cc3)sc2C1.Cl. The lowest BCUT2D eigenvalue weighted by Crippen LogP contribution is -2.25. The number of carbonyl (C=O) groups excluding carboxylic acids is 1. The molecule has 9 heteroatoms. The lowest BCUT2D eigenvalue weighted by Gasteiger charge is -2.20. The number of benzene rings is 1. The van der Waals surface area contributed by atoms with Crippen LogP contribution < -0.4 is 5.32 Å². The first-order chi connectivity index (χ1) is 10.8. The fraction of sp³-hybridized carbons (Fsp3) is 0.333. The zero-order valence-electron chi connectivity index (χ0n) is 13.3. The Labute approximate surface area is 151 Å². The van der Waals surface area contributed by atoms with Gasteiger partial charge in [-0.2, -0.15) is 0 Å². The fourth-order valence-electron chi connectivity index (χ4n) is 2.40. The summed E-state index contributed by atoms with van der Waals surface area (Å²) in [6, 6.07) is 5.89. The molecule has 0 saturated carbocycles. The first-order valence-corrected chi connectivity index (χ1v) is 9.82. The first kappa shape index (κ1) is 18.9. The third-order valence-corrected chi connectivity index (χ3v) is 5.81. The van der Waals surface area contributed by atoms with Gasteiger partial charge in [0, 0.05) is 36.2 Å². The van der Waals surface area contributed by atoms with Crippen molar-refractivity contribution in [1.82, 2.24) is 9.88 Å². The fourth-order valence-corrected chi connectivity index (χ4v) is 4.11. The van der Waals surface area contributed by atoms with Crippen LogP contribution in [0.3, 0.4) is 0 Å². The number of rotatable bonds is 3. The Hall–Kier alpha value is -1.48. The van der Waals surface area contributed by atoms with E-state index in [2.05, 4.69) is 22.2 Å². The molecule has 0 aliphatic carbocycles. The van der Waals surface area contributed by atoms with E-state index in [4.69, 9.17) is 0 Å². The maximum absolute atomic E-state index is 12.2. The van der Waals surface area contributed by atoms with Gasteiger partial charge in [-0.3, -0.25) is 10.1 Å². The minimum absolute atomic E-state index is 0. The topological polar surface area (TPSA) is 79.4 Å². The third kappa shape index (κ3) is 4.13. The van der Waals surface area contributed by atoms with Crippen LogP contribution in [0.15, 0.2) is 29.2 Å². The number of anilines is 1. The van der Waals surface area contributed by atoms with Crippen molar-refractivity contribution in [2.24, 2.45) is 0 Å². The molecule has 1 aliphatic rings. The lowest BCUT2D eigenvalue weighted by atomic mass is 10.2. The number of thiazole rings is 1. The molecule has 0 fully saturated rings. The predicted octanol–water partition coefficient (Wildman–Crippen LogP) is 2.21. The predicted molar refractivity (Wildman–Crippen MR) is 96.9 cm³/mol. The molecular formula is C15H18ClN3O3S2. The van der Waals surface area contributed by atoms with E-state index in [0.29, 0.717) is 10.7 Å². The zero-order chi connectivity index (χ0) is 16.6. The molecule has 2 heterocycles. The van der Waals surface area contributed by atoms with Crippen LogP contribution in [-0.2, 0) is 22.8 Å². The van der Waals surface area contributed by atoms with Crippen molar-refractivity contribution in [3.05, 3.63) is 40.4 Å². The molecule has 0 atom stereocenters. The van der Waals surface area contributed by atoms with Crippen molar-refractivity contribution in [2.75, 3.05) is 25.2 Å². The summed E-state index contributed by atoms with van der Waals surface area (Å²) in [6.45, 7) is 1.82. The van der Waals surface area contributed by atoms with Gasteiger partial charge in [0.05, 0.1) is 10.6 Å². The van der Waals surface area contributed by atoms with Crippen LogP contribution in [-0.4, -0.2) is 44.1 Å². The van der Waals surface area contributed by atoms with Crippen molar-refractivity contribution < 1.29 is 13.2 Å². The second-order valence-corrected chi connectivity index (χ2v) is 8.73. The van der Waals surface area contributed by atoms with Gasteiger partial charge >= 0.3 is 0 Å². The molecule has 1 aliphatic heterocycles. The van der Waals surface area contributed by atoms with E-state index < -0.39 is 9.84 Å². The minimum atomic E-state index is -3.26. The van der Waals surface area contributed by atoms with Crippen LogP contribution in [0.2, 0.25) is 0 Å². The second-order valence-electron chi connectivity index (χ2n) is 5.63. The highest BCUT2D eigenvalue weighted by Gasteiger charge is 2.19. The highest BCUT2D eigenvalue weighted by molar-refractivity contribution is 7.90. The van der Waals surface area contributed by atoms with Crippen molar-refractivity contribution in [2.45, 2.75) is 17.9 Å². The van der Waals surface area contributed by atoms with E-state index in [0.717, 1.165) is 31.5 Å². The molecule has 0 radical (unpaired) electrons. The average Bonchev–Trinajstić information content (AvgIpc) is 2.87. The van der Waals surface area contributed by atoms with E-state index in [1.165, 1.54) is 40.5 Å². The number of hydrogen-bond donors (Lipinski definition) is 1. The smallest absolute Gasteiger partial charge is 0.257 e. The number of fused-ring (bicyclic) bond motifs is 1. The second kappa shape index (κ2) is 7.18. The molecule has 0 saturated heterocycles. The summed E-state index contributed by atoms with van der Waals surface area (Å²) in [5, 5.41) is 3.37. The number of carbonyl (C=O) groups is 1. The van der Waals surface area contributed by atoms with Crippen LogP contribution in [0.1, 0.15) is 20.9 Å². The summed E-state index contributed by atoms with van der Waals surface area (Å²) in [5.74, 6) is -0.287. The number of halogens is 1. The minimum Gasteiger partial charge on any atom is -0.301 e. The van der Waals surface area contributed by atoms with Crippen molar-refractivity contribution in [3.63, 3.8) is 0 Å². The third-order valence-electron chi connectivity index (χ3n) is 3.69. The monoisotopic (exact) mass is 387 g/mol. The summed E-state index contributed by atoms with van der Waals surface area (Å²) in [5.41, 5.74) is 1.46. The van der Waals surface area contributed by atoms with E-state index in [1.54, 1.807) is 0 Å². The number of hydrogen-bond acceptors (Lipinski definition) is 6. The Morgan fingerprint density at radius 3 is 2.58 bits per heavy atom. The zero-order valence-corrected chi connectivity index (χ0v) is 15.7. The van der Waals surface area contributed by atoms with Gasteiger partial charge in [0.2, 0.25) is 0 Å². The van der Waals surface area contributed by atoms with Gasteiger partial charge in [0.25, 0.3) is 5.91 Å². The van der Waals surface area contributed by atoms with Crippen molar-refractivity contribution in [3.8, 4) is 0 Å². The maximum Gasteiger partial charge on any atom is 0.257 e. The Kier molecular flexibility index (Phi) is 5.64. The number of nitrogens with one attached hydrogen (secondary N) is 1. The van der Waals surface area contributed by atoms with E-state index in [-0.39, 0.29) is 23.2 Å². The quantitative estimate of drug-likeness (QED) is 0.873. The van der Waals surface area contributed by atoms with Crippen LogP contribution in [0.4, 0.5) is 5.13 Å². The van der Waals surface area contributed by atoms with E-state index in [1.807, 2.05) is 0 Å². The Bertz CT molecular complexity index is 847. The van der Waals surface area contributed by atoms with Gasteiger partial charge in [-0.25, -0.2) is 13.4 Å². The van der Waals surface area contributed by atoms with E-state index in [9.17, 15) is 13.2 Å². The normalized spacial score (nSPS) is 14.6. The molecule has 0 spiro atoms. The number of sulfone groups is 1. The van der Waals surface area contributed by atoms with Gasteiger partial charge < -0.3 is 4.90 Å². The average molecular weight is 388 g/mol. The molecule has 0 unspecified atom stereocenters. The highest BCUT2D eigenvalue weighted by Crippen LogP contribution is 2.28. The molecule has 1 aromatic carbocycles. The number of likely N-dealkylation sites (N-methyl/N-ethyl adjacent to an activating group) is 1. The highest BCUT2D eigenvalue weighted by atomic mass is 35.5. The molecule has 0 bridgehead atoms. The molecule has 3 rings (SSSR count). The van der Waals surface area contributed by atoms with Gasteiger partial charge in [0.1, 0.15) is 0 Å². The maximum atomic E-state index is 12.2. The lowest BCUT2D eigenvalue weighted by molar-refractivity contribution is 0.102. The molecule has 2 aromatic rings. The summed E-state index contributed by atoms with van der Waals surface area (Å²) in [6.07, 6.45) is 2.03. The standard InChI is InChI=1S/C15H17N3O3S2.ClH/c1-18-8-7-12-13(9-18)22-15(16-12)17-14(19)10-3-5-11(6-4-10)23(2,20)21;/h3-6H,7-9H2,1-2H3,(H,16,17,19);1H. The van der Waals surface area contributed by atoms with Gasteiger partial charge in [-0.1, -0.05) is 0 Å². The van der Waals surface area contributed by atoms with Crippen LogP contribution in [0.25, 0.3) is 0 Å².